The zero-order valence-corrected chi connectivity index (χ0v) is 14.4. The molecule has 0 aromatic carbocycles. The first kappa shape index (κ1) is 17.3. The Labute approximate surface area is 136 Å². The predicted molar refractivity (Wildman–Crippen MR) is 88.9 cm³/mol. The summed E-state index contributed by atoms with van der Waals surface area (Å²) in [6.07, 6.45) is 1.87. The van der Waals surface area contributed by atoms with Crippen molar-refractivity contribution in [2.24, 2.45) is 0 Å². The standard InChI is InChI=1S/C15H22BClN2O3/c1-14(2)15(3,4)22-16(21-14)10(9-18-5)8-11-6-7-12(20)13(17)19-11/h6-8,18,20H,9H2,1-5H3. The Balaban J connectivity index is 2.31. The molecular weight excluding hydrogens is 302 g/mol. The lowest BCUT2D eigenvalue weighted by Crippen LogP contribution is -2.41. The Bertz CT molecular complexity index is 574. The molecule has 0 spiro atoms. The van der Waals surface area contributed by atoms with Crippen LogP contribution in [-0.2, 0) is 9.31 Å². The molecule has 1 aliphatic rings. The number of rotatable bonds is 4. The molecule has 120 valence electrons. The molecule has 0 radical (unpaired) electrons. The monoisotopic (exact) mass is 324 g/mol. The van der Waals surface area contributed by atoms with Gasteiger partial charge in [-0.3, -0.25) is 0 Å². The van der Waals surface area contributed by atoms with Crippen LogP contribution >= 0.6 is 11.6 Å². The predicted octanol–water partition coefficient (Wildman–Crippen LogP) is 2.67. The maximum Gasteiger partial charge on any atom is 0.491 e. The van der Waals surface area contributed by atoms with Crippen LogP contribution in [0.4, 0.5) is 0 Å². The Hall–Kier alpha value is -1.08. The summed E-state index contributed by atoms with van der Waals surface area (Å²) in [6.45, 7) is 8.65. The normalized spacial score (nSPS) is 20.5. The molecule has 7 heteroatoms. The summed E-state index contributed by atoms with van der Waals surface area (Å²) in [6, 6.07) is 3.21. The Morgan fingerprint density at radius 1 is 1.32 bits per heavy atom. The summed E-state index contributed by atoms with van der Waals surface area (Å²) in [5.74, 6) is -0.0374. The Kier molecular flexibility index (Phi) is 4.87. The van der Waals surface area contributed by atoms with E-state index in [-0.39, 0.29) is 10.9 Å². The molecule has 1 aliphatic heterocycles. The highest BCUT2D eigenvalue weighted by atomic mass is 35.5. The molecule has 0 amide bonds. The summed E-state index contributed by atoms with van der Waals surface area (Å²) in [4.78, 5) is 4.14. The van der Waals surface area contributed by atoms with Gasteiger partial charge in [0, 0.05) is 6.54 Å². The molecule has 0 bridgehead atoms. The van der Waals surface area contributed by atoms with E-state index in [9.17, 15) is 5.11 Å². The SMILES string of the molecule is CNCC(=Cc1ccc(O)c(Cl)n1)B1OC(C)(C)C(C)(C)O1. The molecule has 0 atom stereocenters. The molecule has 1 saturated heterocycles. The van der Waals surface area contributed by atoms with E-state index in [1.807, 2.05) is 40.8 Å². The second-order valence-corrected chi connectivity index (χ2v) is 6.74. The van der Waals surface area contributed by atoms with Gasteiger partial charge in [-0.2, -0.15) is 0 Å². The van der Waals surface area contributed by atoms with Gasteiger partial charge in [-0.1, -0.05) is 11.6 Å². The van der Waals surface area contributed by atoms with Gasteiger partial charge in [0.25, 0.3) is 0 Å². The molecule has 1 fully saturated rings. The van der Waals surface area contributed by atoms with E-state index in [4.69, 9.17) is 20.9 Å². The van der Waals surface area contributed by atoms with Gasteiger partial charge in [-0.15, -0.1) is 0 Å². The highest BCUT2D eigenvalue weighted by Crippen LogP contribution is 2.38. The summed E-state index contributed by atoms with van der Waals surface area (Å²) < 4.78 is 12.1. The third-order valence-corrected chi connectivity index (χ3v) is 4.40. The summed E-state index contributed by atoms with van der Waals surface area (Å²) >= 11 is 5.86. The second-order valence-electron chi connectivity index (χ2n) is 6.38. The average molecular weight is 325 g/mol. The number of aromatic nitrogens is 1. The fraction of sp³-hybridized carbons (Fsp3) is 0.533. The molecule has 1 aromatic rings. The van der Waals surface area contributed by atoms with Gasteiger partial charge in [0.1, 0.15) is 0 Å². The minimum atomic E-state index is -0.452. The number of hydrogen-bond donors (Lipinski definition) is 2. The molecule has 2 heterocycles. The van der Waals surface area contributed by atoms with Crippen LogP contribution in [0.2, 0.25) is 5.15 Å². The van der Waals surface area contributed by atoms with E-state index in [0.717, 1.165) is 5.47 Å². The molecule has 2 rings (SSSR count). The molecule has 0 aliphatic carbocycles. The molecule has 22 heavy (non-hydrogen) atoms. The van der Waals surface area contributed by atoms with Crippen molar-refractivity contribution >= 4 is 24.8 Å². The third-order valence-electron chi connectivity index (χ3n) is 4.12. The second kappa shape index (κ2) is 6.20. The molecule has 0 unspecified atom stereocenters. The van der Waals surface area contributed by atoms with Gasteiger partial charge in [-0.25, -0.2) is 4.98 Å². The van der Waals surface area contributed by atoms with E-state index in [0.29, 0.717) is 12.2 Å². The van der Waals surface area contributed by atoms with Crippen LogP contribution < -0.4 is 5.32 Å². The van der Waals surface area contributed by atoms with E-state index in [2.05, 4.69) is 10.3 Å². The lowest BCUT2D eigenvalue weighted by atomic mass is 9.77. The fourth-order valence-corrected chi connectivity index (χ4v) is 2.27. The molecular formula is C15H22BClN2O3. The van der Waals surface area contributed by atoms with Crippen LogP contribution in [0, 0.1) is 0 Å². The van der Waals surface area contributed by atoms with Gasteiger partial charge in [0.05, 0.1) is 16.9 Å². The van der Waals surface area contributed by atoms with Gasteiger partial charge in [0.15, 0.2) is 10.9 Å². The van der Waals surface area contributed by atoms with Crippen LogP contribution in [0.1, 0.15) is 33.4 Å². The number of pyridine rings is 1. The highest BCUT2D eigenvalue weighted by Gasteiger charge is 2.52. The van der Waals surface area contributed by atoms with Crippen molar-refractivity contribution in [1.29, 1.82) is 0 Å². The van der Waals surface area contributed by atoms with Crippen LogP contribution in [0.5, 0.6) is 5.75 Å². The number of halogens is 1. The van der Waals surface area contributed by atoms with Crippen molar-refractivity contribution < 1.29 is 14.4 Å². The fourth-order valence-electron chi connectivity index (χ4n) is 2.11. The van der Waals surface area contributed by atoms with Gasteiger partial charge in [-0.05, 0) is 58.4 Å². The quantitative estimate of drug-likeness (QED) is 0.658. The van der Waals surface area contributed by atoms with E-state index in [1.54, 1.807) is 6.07 Å². The van der Waals surface area contributed by atoms with Crippen LogP contribution in [0.25, 0.3) is 6.08 Å². The van der Waals surface area contributed by atoms with E-state index < -0.39 is 18.3 Å². The number of aromatic hydroxyl groups is 1. The van der Waals surface area contributed by atoms with Crippen molar-refractivity contribution in [3.63, 3.8) is 0 Å². The van der Waals surface area contributed by atoms with E-state index in [1.165, 1.54) is 6.07 Å². The Morgan fingerprint density at radius 3 is 2.41 bits per heavy atom. The first-order chi connectivity index (χ1) is 10.2. The summed E-state index contributed by atoms with van der Waals surface area (Å²) in [5.41, 5.74) is 0.757. The maximum absolute atomic E-state index is 9.45. The molecule has 2 N–H and O–H groups in total. The van der Waals surface area contributed by atoms with Crippen molar-refractivity contribution in [2.75, 3.05) is 13.6 Å². The first-order valence-electron chi connectivity index (χ1n) is 7.22. The van der Waals surface area contributed by atoms with Gasteiger partial charge in [0.2, 0.25) is 0 Å². The maximum atomic E-state index is 9.45. The largest absolute Gasteiger partial charge is 0.505 e. The zero-order chi connectivity index (χ0) is 16.5. The minimum absolute atomic E-state index is 0.0374. The van der Waals surface area contributed by atoms with Crippen molar-refractivity contribution in [2.45, 2.75) is 38.9 Å². The highest BCUT2D eigenvalue weighted by molar-refractivity contribution is 6.55. The summed E-state index contributed by atoms with van der Waals surface area (Å²) in [5, 5.41) is 12.6. The van der Waals surface area contributed by atoms with E-state index >= 15 is 0 Å². The topological polar surface area (TPSA) is 63.6 Å². The smallest absolute Gasteiger partial charge is 0.491 e. The van der Waals surface area contributed by atoms with Crippen LogP contribution in [0.15, 0.2) is 17.6 Å². The Morgan fingerprint density at radius 2 is 1.91 bits per heavy atom. The van der Waals surface area contributed by atoms with Crippen molar-refractivity contribution in [3.05, 3.63) is 28.5 Å². The lowest BCUT2D eigenvalue weighted by Gasteiger charge is -2.32. The number of likely N-dealkylation sites (N-methyl/N-ethyl adjacent to an activating group) is 1. The van der Waals surface area contributed by atoms with Crippen molar-refractivity contribution in [1.82, 2.24) is 10.3 Å². The zero-order valence-electron chi connectivity index (χ0n) is 13.6. The van der Waals surface area contributed by atoms with Gasteiger partial charge >= 0.3 is 7.12 Å². The number of nitrogens with zero attached hydrogens (tertiary/aromatic N) is 1. The molecule has 5 nitrogen and oxygen atoms in total. The average Bonchev–Trinajstić information content (AvgIpc) is 2.62. The van der Waals surface area contributed by atoms with Crippen molar-refractivity contribution in [3.8, 4) is 5.75 Å². The minimum Gasteiger partial charge on any atom is -0.505 e. The molecule has 0 saturated carbocycles. The lowest BCUT2D eigenvalue weighted by molar-refractivity contribution is 0.00578. The van der Waals surface area contributed by atoms with Gasteiger partial charge < -0.3 is 19.7 Å². The first-order valence-corrected chi connectivity index (χ1v) is 7.60. The van der Waals surface area contributed by atoms with Crippen LogP contribution in [-0.4, -0.2) is 42.0 Å². The molecule has 1 aromatic heterocycles. The third kappa shape index (κ3) is 3.46. The van der Waals surface area contributed by atoms with Crippen LogP contribution in [0.3, 0.4) is 0 Å². The summed E-state index contributed by atoms with van der Waals surface area (Å²) in [7, 11) is 1.41. The number of hydrogen-bond acceptors (Lipinski definition) is 5. The number of nitrogens with one attached hydrogen (secondary N) is 1.